The van der Waals surface area contributed by atoms with E-state index < -0.39 is 8.32 Å². The summed E-state index contributed by atoms with van der Waals surface area (Å²) in [5.41, 5.74) is 1.05. The monoisotopic (exact) mass is 586 g/mol. The van der Waals surface area contributed by atoms with Crippen LogP contribution in [0.5, 0.6) is 5.75 Å². The van der Waals surface area contributed by atoms with E-state index in [-0.39, 0.29) is 35.9 Å². The molecule has 0 spiro atoms. The first-order valence-electron chi connectivity index (χ1n) is 15.1. The van der Waals surface area contributed by atoms with Gasteiger partial charge in [-0.1, -0.05) is 113 Å². The van der Waals surface area contributed by atoms with Crippen LogP contribution in [-0.2, 0) is 25.3 Å². The van der Waals surface area contributed by atoms with Gasteiger partial charge in [-0.15, -0.1) is 0 Å². The second kappa shape index (κ2) is 14.9. The van der Waals surface area contributed by atoms with Crippen molar-refractivity contribution < 1.29 is 23.4 Å². The SMILES string of the molecule is CC[C@@H]1O[C@@H](CC=O)[C@H](OCc2ccc(OC)cc2)C/C=C\C[C@H]1O[Si](c1ccccc1)(c1ccccc1)C(C)(C)C. The number of benzene rings is 3. The van der Waals surface area contributed by atoms with Crippen molar-refractivity contribution in [3.63, 3.8) is 0 Å². The van der Waals surface area contributed by atoms with E-state index in [4.69, 9.17) is 18.6 Å². The van der Waals surface area contributed by atoms with Gasteiger partial charge in [0.1, 0.15) is 12.0 Å². The van der Waals surface area contributed by atoms with Crippen LogP contribution in [0, 0.1) is 0 Å². The minimum Gasteiger partial charge on any atom is -0.497 e. The topological polar surface area (TPSA) is 54.0 Å². The molecule has 4 rings (SSSR count). The van der Waals surface area contributed by atoms with E-state index in [0.717, 1.165) is 30.4 Å². The quantitative estimate of drug-likeness (QED) is 0.143. The number of carbonyl (C=O) groups excluding carboxylic acids is 1. The van der Waals surface area contributed by atoms with Gasteiger partial charge in [0.05, 0.1) is 38.1 Å². The van der Waals surface area contributed by atoms with Crippen molar-refractivity contribution in [1.29, 1.82) is 0 Å². The molecule has 0 fully saturated rings. The highest BCUT2D eigenvalue weighted by atomic mass is 28.4. The van der Waals surface area contributed by atoms with Gasteiger partial charge >= 0.3 is 0 Å². The smallest absolute Gasteiger partial charge is 0.261 e. The third-order valence-electron chi connectivity index (χ3n) is 8.18. The molecular weight excluding hydrogens is 540 g/mol. The molecule has 0 N–H and O–H groups in total. The van der Waals surface area contributed by atoms with E-state index in [9.17, 15) is 4.79 Å². The van der Waals surface area contributed by atoms with Gasteiger partial charge in [0.25, 0.3) is 8.32 Å². The molecule has 1 heterocycles. The summed E-state index contributed by atoms with van der Waals surface area (Å²) in [5, 5.41) is 2.34. The Hall–Kier alpha value is -3.03. The van der Waals surface area contributed by atoms with Crippen LogP contribution in [0.4, 0.5) is 0 Å². The highest BCUT2D eigenvalue weighted by Gasteiger charge is 2.52. The van der Waals surface area contributed by atoms with E-state index >= 15 is 0 Å². The van der Waals surface area contributed by atoms with Crippen molar-refractivity contribution in [2.45, 2.75) is 89.4 Å². The Morgan fingerprint density at radius 3 is 1.90 bits per heavy atom. The molecule has 0 unspecified atom stereocenters. The average Bonchev–Trinajstić information content (AvgIpc) is 3.08. The molecule has 5 nitrogen and oxygen atoms in total. The number of methoxy groups -OCH3 is 1. The Kier molecular flexibility index (Phi) is 11.3. The summed E-state index contributed by atoms with van der Waals surface area (Å²) in [4.78, 5) is 11.9. The maximum absolute atomic E-state index is 11.9. The fourth-order valence-corrected chi connectivity index (χ4v) is 10.7. The zero-order valence-corrected chi connectivity index (χ0v) is 26.7. The van der Waals surface area contributed by atoms with Crippen molar-refractivity contribution in [1.82, 2.24) is 0 Å². The maximum Gasteiger partial charge on any atom is 0.261 e. The Bertz CT molecular complexity index is 1210. The Morgan fingerprint density at radius 1 is 0.833 bits per heavy atom. The van der Waals surface area contributed by atoms with Gasteiger partial charge in [0, 0.05) is 6.42 Å². The number of ether oxygens (including phenoxy) is 3. The number of aldehydes is 1. The van der Waals surface area contributed by atoms with Gasteiger partial charge in [0.15, 0.2) is 0 Å². The summed E-state index contributed by atoms with van der Waals surface area (Å²) in [6.07, 6.45) is 6.72. The van der Waals surface area contributed by atoms with Crippen molar-refractivity contribution in [3.8, 4) is 5.75 Å². The fourth-order valence-electron chi connectivity index (χ4n) is 5.97. The minimum atomic E-state index is -2.80. The lowest BCUT2D eigenvalue weighted by atomic mass is 10.1. The molecule has 1 aliphatic heterocycles. The van der Waals surface area contributed by atoms with E-state index in [1.807, 2.05) is 24.3 Å². The first-order chi connectivity index (χ1) is 20.3. The van der Waals surface area contributed by atoms with Crippen LogP contribution in [0.2, 0.25) is 5.04 Å². The van der Waals surface area contributed by atoms with E-state index in [2.05, 4.69) is 101 Å². The molecule has 0 bridgehead atoms. The summed E-state index contributed by atoms with van der Waals surface area (Å²) in [7, 11) is -1.14. The van der Waals surface area contributed by atoms with Gasteiger partial charge in [-0.3, -0.25) is 0 Å². The number of hydrogen-bond acceptors (Lipinski definition) is 5. The second-order valence-corrected chi connectivity index (χ2v) is 16.2. The Labute approximate surface area is 253 Å². The maximum atomic E-state index is 11.9. The van der Waals surface area contributed by atoms with Crippen LogP contribution in [-0.4, -0.2) is 46.1 Å². The lowest BCUT2D eigenvalue weighted by Gasteiger charge is -2.46. The molecular formula is C36H46O5Si. The van der Waals surface area contributed by atoms with Gasteiger partial charge in [-0.05, 0) is 52.4 Å². The standard InChI is InChI=1S/C36H46O5Si/c1-6-32-35(41-42(36(2,3)4,30-15-9-7-10-16-30)31-17-11-8-12-18-31)20-14-13-19-33(34(40-32)25-26-37)39-27-28-21-23-29(38-5)24-22-28/h7-18,21-24,26,32-35H,6,19-20,25,27H2,1-5H3/b14-13-/t32-,33+,34-,35+/m0/s1. The molecule has 42 heavy (non-hydrogen) atoms. The lowest BCUT2D eigenvalue weighted by Crippen LogP contribution is -2.68. The van der Waals surface area contributed by atoms with Crippen LogP contribution in [0.1, 0.15) is 58.9 Å². The largest absolute Gasteiger partial charge is 0.497 e. The molecule has 4 atom stereocenters. The van der Waals surface area contributed by atoms with E-state index in [1.54, 1.807) is 7.11 Å². The molecule has 0 aromatic heterocycles. The van der Waals surface area contributed by atoms with Crippen molar-refractivity contribution >= 4 is 25.0 Å². The molecule has 224 valence electrons. The summed E-state index contributed by atoms with van der Waals surface area (Å²) >= 11 is 0. The van der Waals surface area contributed by atoms with Crippen molar-refractivity contribution in [3.05, 3.63) is 103 Å². The fraction of sp³-hybridized carbons (Fsp3) is 0.417. The molecule has 6 heteroatoms. The van der Waals surface area contributed by atoms with Gasteiger partial charge in [-0.25, -0.2) is 0 Å². The first-order valence-corrected chi connectivity index (χ1v) is 17.0. The third-order valence-corrected chi connectivity index (χ3v) is 13.2. The third kappa shape index (κ3) is 7.48. The molecule has 0 saturated heterocycles. The van der Waals surface area contributed by atoms with Gasteiger partial charge in [0.2, 0.25) is 0 Å². The van der Waals surface area contributed by atoms with Crippen LogP contribution in [0.3, 0.4) is 0 Å². The highest BCUT2D eigenvalue weighted by Crippen LogP contribution is 2.39. The van der Waals surface area contributed by atoms with Crippen LogP contribution >= 0.6 is 0 Å². The number of hydrogen-bond donors (Lipinski definition) is 0. The predicted molar refractivity (Wildman–Crippen MR) is 172 cm³/mol. The second-order valence-electron chi connectivity index (χ2n) is 12.0. The number of rotatable bonds is 11. The zero-order valence-electron chi connectivity index (χ0n) is 25.7. The summed E-state index contributed by atoms with van der Waals surface area (Å²) in [6, 6.07) is 29.3. The van der Waals surface area contributed by atoms with Crippen LogP contribution in [0.25, 0.3) is 0 Å². The molecule has 0 aliphatic carbocycles. The van der Waals surface area contributed by atoms with E-state index in [0.29, 0.717) is 13.0 Å². The van der Waals surface area contributed by atoms with Crippen molar-refractivity contribution in [2.24, 2.45) is 0 Å². The van der Waals surface area contributed by atoms with E-state index in [1.165, 1.54) is 10.4 Å². The van der Waals surface area contributed by atoms with Crippen molar-refractivity contribution in [2.75, 3.05) is 7.11 Å². The first kappa shape index (κ1) is 31.9. The van der Waals surface area contributed by atoms with Crippen LogP contribution < -0.4 is 15.1 Å². The Balaban J connectivity index is 1.65. The summed E-state index contributed by atoms with van der Waals surface area (Å²) < 4.78 is 26.1. The molecule has 1 aliphatic rings. The average molecular weight is 587 g/mol. The predicted octanol–water partition coefficient (Wildman–Crippen LogP) is 6.63. The normalized spacial score (nSPS) is 22.4. The molecule has 3 aromatic rings. The minimum absolute atomic E-state index is 0.150. The molecule has 0 amide bonds. The molecule has 3 aromatic carbocycles. The number of carbonyl (C=O) groups is 1. The van der Waals surface area contributed by atoms with Crippen LogP contribution in [0.15, 0.2) is 97.1 Å². The lowest BCUT2D eigenvalue weighted by molar-refractivity contribution is -0.138. The zero-order chi connectivity index (χ0) is 30.0. The highest BCUT2D eigenvalue weighted by molar-refractivity contribution is 6.99. The van der Waals surface area contributed by atoms with Gasteiger partial charge < -0.3 is 23.4 Å². The van der Waals surface area contributed by atoms with Gasteiger partial charge in [-0.2, -0.15) is 0 Å². The summed E-state index contributed by atoms with van der Waals surface area (Å²) in [6.45, 7) is 9.46. The Morgan fingerprint density at radius 2 is 1.40 bits per heavy atom. The molecule has 0 saturated carbocycles. The molecule has 0 radical (unpaired) electrons. The summed E-state index contributed by atoms with van der Waals surface area (Å²) in [5.74, 6) is 0.809.